The molecular weight excluding hydrogens is 387 g/mol. The molecule has 118 valence electrons. The molecule has 0 aromatic carbocycles. The zero-order valence-corrected chi connectivity index (χ0v) is 15.4. The van der Waals surface area contributed by atoms with Gasteiger partial charge in [-0.15, -0.1) is 24.0 Å². The van der Waals surface area contributed by atoms with Crippen LogP contribution in [-0.4, -0.2) is 67.3 Å². The second-order valence-electron chi connectivity index (χ2n) is 5.25. The molecule has 0 amide bonds. The van der Waals surface area contributed by atoms with Gasteiger partial charge >= 0.3 is 0 Å². The maximum atomic E-state index is 5.92. The van der Waals surface area contributed by atoms with Crippen LogP contribution in [0.5, 0.6) is 0 Å². The van der Waals surface area contributed by atoms with E-state index in [-0.39, 0.29) is 29.5 Å². The number of halogens is 1. The second kappa shape index (κ2) is 9.32. The average molecular weight is 414 g/mol. The SMILES string of the molecule is CCCNC(N)=NCC1(N2CCOCC2)CCSC1.I. The molecule has 20 heavy (non-hydrogen) atoms. The molecule has 5 nitrogen and oxygen atoms in total. The third-order valence-electron chi connectivity index (χ3n) is 3.86. The van der Waals surface area contributed by atoms with Crippen LogP contribution in [0, 0.1) is 0 Å². The molecule has 1 unspecified atom stereocenters. The van der Waals surface area contributed by atoms with Crippen LogP contribution < -0.4 is 11.1 Å². The van der Waals surface area contributed by atoms with E-state index in [1.807, 2.05) is 11.8 Å². The van der Waals surface area contributed by atoms with Gasteiger partial charge in [-0.3, -0.25) is 9.89 Å². The van der Waals surface area contributed by atoms with E-state index in [0.29, 0.717) is 5.96 Å². The van der Waals surface area contributed by atoms with Crippen molar-refractivity contribution >= 4 is 41.7 Å². The van der Waals surface area contributed by atoms with Crippen molar-refractivity contribution in [3.8, 4) is 0 Å². The van der Waals surface area contributed by atoms with Crippen LogP contribution in [0.1, 0.15) is 19.8 Å². The Balaban J connectivity index is 0.00000200. The van der Waals surface area contributed by atoms with E-state index in [1.54, 1.807) is 0 Å². The molecule has 0 aromatic rings. The Morgan fingerprint density at radius 3 is 2.80 bits per heavy atom. The highest BCUT2D eigenvalue weighted by Gasteiger charge is 2.40. The van der Waals surface area contributed by atoms with Crippen molar-refractivity contribution in [1.29, 1.82) is 0 Å². The van der Waals surface area contributed by atoms with E-state index in [1.165, 1.54) is 12.2 Å². The van der Waals surface area contributed by atoms with Crippen LogP contribution >= 0.6 is 35.7 Å². The molecule has 2 fully saturated rings. The zero-order valence-electron chi connectivity index (χ0n) is 12.3. The van der Waals surface area contributed by atoms with E-state index < -0.39 is 0 Å². The molecule has 3 N–H and O–H groups in total. The normalized spacial score (nSPS) is 28.1. The standard InChI is InChI=1S/C13H26N4OS.HI/c1-2-4-15-12(14)16-10-13(3-9-19-11-13)17-5-7-18-8-6-17;/h2-11H2,1H3,(H3,14,15,16);1H. The quantitative estimate of drug-likeness (QED) is 0.401. The number of hydrogen-bond donors (Lipinski definition) is 2. The molecule has 0 aliphatic carbocycles. The van der Waals surface area contributed by atoms with Gasteiger partial charge in [-0.05, 0) is 18.6 Å². The maximum Gasteiger partial charge on any atom is 0.188 e. The molecule has 1 atom stereocenters. The Morgan fingerprint density at radius 1 is 1.45 bits per heavy atom. The van der Waals surface area contributed by atoms with Crippen molar-refractivity contribution in [3.63, 3.8) is 0 Å². The third kappa shape index (κ3) is 4.92. The van der Waals surface area contributed by atoms with Crippen LogP contribution in [0.3, 0.4) is 0 Å². The Labute approximate surface area is 143 Å². The van der Waals surface area contributed by atoms with Crippen LogP contribution in [0.2, 0.25) is 0 Å². The number of guanidine groups is 1. The van der Waals surface area contributed by atoms with Gasteiger partial charge in [0, 0.05) is 25.4 Å². The fourth-order valence-electron chi connectivity index (χ4n) is 2.65. The molecule has 2 heterocycles. The Bertz CT molecular complexity index is 305. The number of hydrogen-bond acceptors (Lipinski definition) is 4. The molecule has 0 radical (unpaired) electrons. The highest BCUT2D eigenvalue weighted by molar-refractivity contribution is 14.0. The molecule has 7 heteroatoms. The van der Waals surface area contributed by atoms with Crippen LogP contribution in [-0.2, 0) is 4.74 Å². The maximum absolute atomic E-state index is 5.92. The lowest BCUT2D eigenvalue weighted by Crippen LogP contribution is -2.56. The Kier molecular flexibility index (Phi) is 8.54. The Morgan fingerprint density at radius 2 is 2.20 bits per heavy atom. The Hall–Kier alpha value is 0.270. The number of nitrogens with two attached hydrogens (primary N) is 1. The van der Waals surface area contributed by atoms with E-state index in [2.05, 4.69) is 22.1 Å². The summed E-state index contributed by atoms with van der Waals surface area (Å²) < 4.78 is 5.46. The smallest absolute Gasteiger partial charge is 0.188 e. The molecule has 2 rings (SSSR count). The second-order valence-corrected chi connectivity index (χ2v) is 6.36. The fraction of sp³-hybridized carbons (Fsp3) is 0.923. The van der Waals surface area contributed by atoms with E-state index in [9.17, 15) is 0 Å². The predicted molar refractivity (Wildman–Crippen MR) is 97.3 cm³/mol. The van der Waals surface area contributed by atoms with Gasteiger partial charge in [-0.25, -0.2) is 0 Å². The molecule has 2 aliphatic heterocycles. The van der Waals surface area contributed by atoms with Gasteiger partial charge in [0.15, 0.2) is 5.96 Å². The number of nitrogens with zero attached hydrogens (tertiary/aromatic N) is 2. The molecule has 2 aliphatic rings. The zero-order chi connectivity index (χ0) is 13.6. The summed E-state index contributed by atoms with van der Waals surface area (Å²) in [7, 11) is 0. The summed E-state index contributed by atoms with van der Waals surface area (Å²) in [5.74, 6) is 2.98. The number of nitrogens with one attached hydrogen (secondary N) is 1. The van der Waals surface area contributed by atoms with E-state index in [0.717, 1.165) is 51.6 Å². The van der Waals surface area contributed by atoms with E-state index >= 15 is 0 Å². The minimum Gasteiger partial charge on any atom is -0.379 e. The number of ether oxygens (including phenoxy) is 1. The molecule has 0 spiro atoms. The van der Waals surface area contributed by atoms with Crippen molar-refractivity contribution in [2.75, 3.05) is 50.9 Å². The summed E-state index contributed by atoms with van der Waals surface area (Å²) in [5.41, 5.74) is 6.12. The number of morpholine rings is 1. The van der Waals surface area contributed by atoms with Gasteiger partial charge in [0.05, 0.1) is 25.3 Å². The van der Waals surface area contributed by atoms with Crippen molar-refractivity contribution in [1.82, 2.24) is 10.2 Å². The molecule has 0 bridgehead atoms. The summed E-state index contributed by atoms with van der Waals surface area (Å²) in [4.78, 5) is 7.14. The lowest BCUT2D eigenvalue weighted by Gasteiger charge is -2.42. The highest BCUT2D eigenvalue weighted by Crippen LogP contribution is 2.34. The van der Waals surface area contributed by atoms with Gasteiger partial charge in [0.25, 0.3) is 0 Å². The molecule has 0 saturated carbocycles. The summed E-state index contributed by atoms with van der Waals surface area (Å²) >= 11 is 2.03. The van der Waals surface area contributed by atoms with Crippen LogP contribution in [0.4, 0.5) is 0 Å². The molecular formula is C13H27IN4OS. The number of aliphatic imine (C=N–C) groups is 1. The van der Waals surface area contributed by atoms with Crippen molar-refractivity contribution < 1.29 is 4.74 Å². The average Bonchev–Trinajstić information content (AvgIpc) is 2.94. The minimum atomic E-state index is 0. The van der Waals surface area contributed by atoms with E-state index in [4.69, 9.17) is 10.5 Å². The number of thioether (sulfide) groups is 1. The molecule has 0 aromatic heterocycles. The van der Waals surface area contributed by atoms with Crippen LogP contribution in [0.15, 0.2) is 4.99 Å². The lowest BCUT2D eigenvalue weighted by molar-refractivity contribution is -0.0104. The summed E-state index contributed by atoms with van der Waals surface area (Å²) in [6.45, 7) is 7.58. The monoisotopic (exact) mass is 414 g/mol. The first kappa shape index (κ1) is 18.3. The highest BCUT2D eigenvalue weighted by atomic mass is 127. The van der Waals surface area contributed by atoms with Crippen molar-refractivity contribution in [3.05, 3.63) is 0 Å². The molecule has 2 saturated heterocycles. The summed E-state index contributed by atoms with van der Waals surface area (Å²) in [6, 6.07) is 0. The van der Waals surface area contributed by atoms with Crippen LogP contribution in [0.25, 0.3) is 0 Å². The van der Waals surface area contributed by atoms with Crippen molar-refractivity contribution in [2.24, 2.45) is 10.7 Å². The fourth-order valence-corrected chi connectivity index (χ4v) is 4.12. The van der Waals surface area contributed by atoms with Gasteiger partial charge in [0.1, 0.15) is 0 Å². The van der Waals surface area contributed by atoms with Gasteiger partial charge in [0.2, 0.25) is 0 Å². The first-order chi connectivity index (χ1) is 9.27. The minimum absolute atomic E-state index is 0. The topological polar surface area (TPSA) is 62.9 Å². The third-order valence-corrected chi connectivity index (χ3v) is 5.10. The number of rotatable bonds is 5. The van der Waals surface area contributed by atoms with Gasteiger partial charge in [-0.2, -0.15) is 11.8 Å². The van der Waals surface area contributed by atoms with Gasteiger partial charge in [-0.1, -0.05) is 6.92 Å². The summed E-state index contributed by atoms with van der Waals surface area (Å²) in [5, 5.41) is 3.15. The predicted octanol–water partition coefficient (Wildman–Crippen LogP) is 1.13. The summed E-state index contributed by atoms with van der Waals surface area (Å²) in [6.07, 6.45) is 2.28. The largest absolute Gasteiger partial charge is 0.379 e. The lowest BCUT2D eigenvalue weighted by atomic mass is 9.96. The van der Waals surface area contributed by atoms with Crippen molar-refractivity contribution in [2.45, 2.75) is 25.3 Å². The van der Waals surface area contributed by atoms with Gasteiger partial charge < -0.3 is 15.8 Å². The first-order valence-electron chi connectivity index (χ1n) is 7.21. The first-order valence-corrected chi connectivity index (χ1v) is 8.37.